The largest absolute Gasteiger partial charge is 0.394 e. The van der Waals surface area contributed by atoms with Crippen LogP contribution in [0.15, 0.2) is 18.3 Å². The van der Waals surface area contributed by atoms with E-state index in [4.69, 9.17) is 9.84 Å². The van der Waals surface area contributed by atoms with Gasteiger partial charge in [0, 0.05) is 32.0 Å². The molecule has 0 saturated carbocycles. The van der Waals surface area contributed by atoms with Crippen LogP contribution in [0.2, 0.25) is 0 Å². The van der Waals surface area contributed by atoms with Crippen LogP contribution in [-0.2, 0) is 4.74 Å². The van der Waals surface area contributed by atoms with Crippen molar-refractivity contribution in [3.63, 3.8) is 0 Å². The van der Waals surface area contributed by atoms with E-state index in [0.29, 0.717) is 12.3 Å². The zero-order chi connectivity index (χ0) is 14.4. The van der Waals surface area contributed by atoms with Gasteiger partial charge in [-0.1, -0.05) is 0 Å². The van der Waals surface area contributed by atoms with Crippen molar-refractivity contribution >= 4 is 11.6 Å². The fourth-order valence-corrected chi connectivity index (χ4v) is 2.37. The average molecular weight is 279 g/mol. The Kier molecular flexibility index (Phi) is 5.31. The number of aliphatic hydroxyl groups is 1. The van der Waals surface area contributed by atoms with E-state index >= 15 is 0 Å². The highest BCUT2D eigenvalue weighted by Gasteiger charge is 2.20. The van der Waals surface area contributed by atoms with Crippen molar-refractivity contribution in [3.05, 3.63) is 24.0 Å². The van der Waals surface area contributed by atoms with E-state index in [9.17, 15) is 4.79 Å². The maximum Gasteiger partial charge on any atom is 0.269 e. The van der Waals surface area contributed by atoms with Crippen molar-refractivity contribution in [1.82, 2.24) is 10.3 Å². The zero-order valence-electron chi connectivity index (χ0n) is 11.7. The second-order valence-corrected chi connectivity index (χ2v) is 4.76. The molecule has 2 heterocycles. The number of nitrogens with zero attached hydrogens (tertiary/aromatic N) is 2. The van der Waals surface area contributed by atoms with Crippen LogP contribution < -0.4 is 10.2 Å². The lowest BCUT2D eigenvalue weighted by atomic mass is 10.1. The Hall–Kier alpha value is -1.66. The van der Waals surface area contributed by atoms with E-state index in [1.807, 2.05) is 12.1 Å². The molecule has 1 aliphatic rings. The van der Waals surface area contributed by atoms with Gasteiger partial charge in [-0.25, -0.2) is 0 Å². The normalized spacial score (nSPS) is 16.2. The van der Waals surface area contributed by atoms with Gasteiger partial charge in [0.15, 0.2) is 0 Å². The topological polar surface area (TPSA) is 74.7 Å². The van der Waals surface area contributed by atoms with Crippen LogP contribution in [-0.4, -0.2) is 55.5 Å². The van der Waals surface area contributed by atoms with Gasteiger partial charge in [-0.3, -0.25) is 9.78 Å². The first-order valence-corrected chi connectivity index (χ1v) is 6.90. The van der Waals surface area contributed by atoms with E-state index in [1.165, 1.54) is 0 Å². The summed E-state index contributed by atoms with van der Waals surface area (Å²) in [5.74, 6) is -0.173. The number of hydrogen-bond acceptors (Lipinski definition) is 5. The summed E-state index contributed by atoms with van der Waals surface area (Å²) in [4.78, 5) is 17.9. The van der Waals surface area contributed by atoms with Crippen LogP contribution in [0.25, 0.3) is 0 Å². The Labute approximate surface area is 118 Å². The Morgan fingerprint density at radius 2 is 2.30 bits per heavy atom. The molecule has 20 heavy (non-hydrogen) atoms. The molecule has 1 aliphatic heterocycles. The van der Waals surface area contributed by atoms with Crippen LogP contribution >= 0.6 is 0 Å². The molecule has 2 N–H and O–H groups in total. The maximum absolute atomic E-state index is 11.6. The lowest BCUT2D eigenvalue weighted by Gasteiger charge is -2.33. The number of rotatable bonds is 5. The Balaban J connectivity index is 1.95. The first-order chi connectivity index (χ1) is 9.74. The summed E-state index contributed by atoms with van der Waals surface area (Å²) in [5, 5.41) is 11.3. The number of carbonyl (C=O) groups is 1. The molecule has 1 fully saturated rings. The number of hydrogen-bond donors (Lipinski definition) is 2. The van der Waals surface area contributed by atoms with E-state index in [2.05, 4.69) is 15.2 Å². The molecular formula is C14H21N3O3. The molecule has 0 unspecified atom stereocenters. The van der Waals surface area contributed by atoms with Crippen LogP contribution in [0.5, 0.6) is 0 Å². The molecule has 0 radical (unpaired) electrons. The van der Waals surface area contributed by atoms with Crippen LogP contribution in [0.1, 0.15) is 23.3 Å². The minimum Gasteiger partial charge on any atom is -0.394 e. The number of ether oxygens (including phenoxy) is 1. The number of piperidine rings is 1. The SMILES string of the molecule is CNC(=O)c1cc(N2CCC(OCCO)CC2)ccn1. The lowest BCUT2D eigenvalue weighted by molar-refractivity contribution is 0.0159. The third-order valence-corrected chi connectivity index (χ3v) is 3.46. The van der Waals surface area contributed by atoms with Gasteiger partial charge in [0.05, 0.1) is 19.3 Å². The summed E-state index contributed by atoms with van der Waals surface area (Å²) < 4.78 is 5.54. The molecule has 1 amide bonds. The Bertz CT molecular complexity index is 445. The molecular weight excluding hydrogens is 258 g/mol. The number of amides is 1. The highest BCUT2D eigenvalue weighted by molar-refractivity contribution is 5.92. The van der Waals surface area contributed by atoms with Gasteiger partial charge in [-0.05, 0) is 25.0 Å². The highest BCUT2D eigenvalue weighted by Crippen LogP contribution is 2.21. The molecule has 0 spiro atoms. The molecule has 0 aromatic carbocycles. The summed E-state index contributed by atoms with van der Waals surface area (Å²) in [6.45, 7) is 2.24. The quantitative estimate of drug-likeness (QED) is 0.817. The van der Waals surface area contributed by atoms with Gasteiger partial charge >= 0.3 is 0 Å². The molecule has 0 atom stereocenters. The van der Waals surface area contributed by atoms with Crippen LogP contribution in [0, 0.1) is 0 Å². The van der Waals surface area contributed by atoms with Gasteiger partial charge in [0.2, 0.25) is 0 Å². The predicted molar refractivity (Wildman–Crippen MR) is 75.9 cm³/mol. The van der Waals surface area contributed by atoms with Gasteiger partial charge in [-0.2, -0.15) is 0 Å². The number of anilines is 1. The number of pyridine rings is 1. The second kappa shape index (κ2) is 7.21. The molecule has 0 bridgehead atoms. The Morgan fingerprint density at radius 3 is 2.95 bits per heavy atom. The van der Waals surface area contributed by atoms with E-state index in [0.717, 1.165) is 31.6 Å². The zero-order valence-corrected chi connectivity index (χ0v) is 11.7. The molecule has 110 valence electrons. The molecule has 6 heteroatoms. The van der Waals surface area contributed by atoms with Gasteiger partial charge in [0.1, 0.15) is 5.69 Å². The molecule has 1 saturated heterocycles. The number of aliphatic hydroxyl groups excluding tert-OH is 1. The standard InChI is InChI=1S/C14H21N3O3/c1-15-14(19)13-10-11(2-5-16-13)17-6-3-12(4-7-17)20-9-8-18/h2,5,10,12,18H,3-4,6-9H2,1H3,(H,15,19). The predicted octanol–water partition coefficient (Wildman–Crippen LogP) is 0.419. The lowest BCUT2D eigenvalue weighted by Crippen LogP contribution is -2.37. The Morgan fingerprint density at radius 1 is 1.55 bits per heavy atom. The molecule has 1 aromatic heterocycles. The van der Waals surface area contributed by atoms with Gasteiger partial charge < -0.3 is 20.1 Å². The highest BCUT2D eigenvalue weighted by atomic mass is 16.5. The molecule has 6 nitrogen and oxygen atoms in total. The van der Waals surface area contributed by atoms with Gasteiger partial charge in [0.25, 0.3) is 5.91 Å². The maximum atomic E-state index is 11.6. The van der Waals surface area contributed by atoms with Crippen LogP contribution in [0.3, 0.4) is 0 Å². The third kappa shape index (κ3) is 3.68. The van der Waals surface area contributed by atoms with Crippen molar-refractivity contribution in [2.24, 2.45) is 0 Å². The van der Waals surface area contributed by atoms with E-state index in [-0.39, 0.29) is 18.6 Å². The summed E-state index contributed by atoms with van der Waals surface area (Å²) in [7, 11) is 1.60. The number of carbonyl (C=O) groups excluding carboxylic acids is 1. The average Bonchev–Trinajstić information content (AvgIpc) is 2.52. The summed E-state index contributed by atoms with van der Waals surface area (Å²) >= 11 is 0. The first-order valence-electron chi connectivity index (χ1n) is 6.90. The first kappa shape index (κ1) is 14.7. The third-order valence-electron chi connectivity index (χ3n) is 3.46. The van der Waals surface area contributed by atoms with Crippen molar-refractivity contribution in [2.75, 3.05) is 38.3 Å². The van der Waals surface area contributed by atoms with E-state index in [1.54, 1.807) is 13.2 Å². The van der Waals surface area contributed by atoms with Gasteiger partial charge in [-0.15, -0.1) is 0 Å². The van der Waals surface area contributed by atoms with Crippen LogP contribution in [0.4, 0.5) is 5.69 Å². The van der Waals surface area contributed by atoms with Crippen molar-refractivity contribution in [3.8, 4) is 0 Å². The number of nitrogens with one attached hydrogen (secondary N) is 1. The van der Waals surface area contributed by atoms with Crippen molar-refractivity contribution in [1.29, 1.82) is 0 Å². The second-order valence-electron chi connectivity index (χ2n) is 4.76. The number of aromatic nitrogens is 1. The van der Waals surface area contributed by atoms with E-state index < -0.39 is 0 Å². The molecule has 1 aromatic rings. The van der Waals surface area contributed by atoms with Crippen molar-refractivity contribution in [2.45, 2.75) is 18.9 Å². The summed E-state index contributed by atoms with van der Waals surface area (Å²) in [6.07, 6.45) is 3.74. The summed E-state index contributed by atoms with van der Waals surface area (Å²) in [5.41, 5.74) is 1.45. The minimum atomic E-state index is -0.173. The monoisotopic (exact) mass is 279 g/mol. The molecule has 2 rings (SSSR count). The molecule has 0 aliphatic carbocycles. The minimum absolute atomic E-state index is 0.0695. The summed E-state index contributed by atoms with van der Waals surface area (Å²) in [6, 6.07) is 3.73. The smallest absolute Gasteiger partial charge is 0.269 e. The van der Waals surface area contributed by atoms with Crippen molar-refractivity contribution < 1.29 is 14.6 Å². The fraction of sp³-hybridized carbons (Fsp3) is 0.571. The fourth-order valence-electron chi connectivity index (χ4n) is 2.37.